The molecule has 2 nitrogen and oxygen atoms in total. The molecule has 1 aliphatic heterocycles. The summed E-state index contributed by atoms with van der Waals surface area (Å²) < 4.78 is 0.846. The molecule has 2 fully saturated rings. The molecule has 0 amide bonds. The molecule has 3 heteroatoms. The highest BCUT2D eigenvalue weighted by Crippen LogP contribution is 2.49. The minimum absolute atomic E-state index is 0.114. The standard InChI is InChI=1S/C18H28NOS/c1-14-17(20)18(11-12-19(14,2)3,16-10-7-13-21-16)15-8-5-4-6-9-15/h7,10,13-15H,4-6,8-9,11-12H2,1-3H3/q+1/t14-,18-/m1/s1. The van der Waals surface area contributed by atoms with E-state index in [1.807, 2.05) is 0 Å². The number of piperidine rings is 1. The van der Waals surface area contributed by atoms with Gasteiger partial charge in [0.2, 0.25) is 5.78 Å². The van der Waals surface area contributed by atoms with Crippen molar-refractivity contribution >= 4 is 17.1 Å². The summed E-state index contributed by atoms with van der Waals surface area (Å²) in [6, 6.07) is 4.45. The maximum atomic E-state index is 13.5. The first kappa shape index (κ1) is 15.2. The number of hydrogen-bond acceptors (Lipinski definition) is 2. The van der Waals surface area contributed by atoms with Gasteiger partial charge >= 0.3 is 0 Å². The van der Waals surface area contributed by atoms with Crippen LogP contribution in [0.3, 0.4) is 0 Å². The summed E-state index contributed by atoms with van der Waals surface area (Å²) in [5.41, 5.74) is -0.179. The normalized spacial score (nSPS) is 34.0. The van der Waals surface area contributed by atoms with Gasteiger partial charge in [0, 0.05) is 11.3 Å². The lowest BCUT2D eigenvalue weighted by Gasteiger charge is -2.50. The smallest absolute Gasteiger partial charge is 0.201 e. The molecule has 0 bridgehead atoms. The summed E-state index contributed by atoms with van der Waals surface area (Å²) >= 11 is 1.80. The zero-order valence-electron chi connectivity index (χ0n) is 13.6. The highest BCUT2D eigenvalue weighted by Gasteiger charge is 2.56. The van der Waals surface area contributed by atoms with Crippen molar-refractivity contribution in [3.05, 3.63) is 22.4 Å². The Bertz CT molecular complexity index is 501. The molecule has 1 saturated carbocycles. The van der Waals surface area contributed by atoms with Gasteiger partial charge in [0.25, 0.3) is 0 Å². The molecule has 0 unspecified atom stereocenters. The third-order valence-electron chi connectivity index (χ3n) is 6.21. The Labute approximate surface area is 132 Å². The fourth-order valence-corrected chi connectivity index (χ4v) is 5.49. The molecule has 1 aliphatic carbocycles. The number of likely N-dealkylation sites (tertiary alicyclic amines) is 1. The lowest BCUT2D eigenvalue weighted by Crippen LogP contribution is -2.64. The predicted molar refractivity (Wildman–Crippen MR) is 88.6 cm³/mol. The van der Waals surface area contributed by atoms with Gasteiger partial charge in [0.1, 0.15) is 6.04 Å². The van der Waals surface area contributed by atoms with Crippen molar-refractivity contribution in [2.75, 3.05) is 20.6 Å². The summed E-state index contributed by atoms with van der Waals surface area (Å²) in [7, 11) is 4.42. The molecule has 0 spiro atoms. The average Bonchev–Trinajstić information content (AvgIpc) is 3.01. The van der Waals surface area contributed by atoms with Crippen molar-refractivity contribution in [2.24, 2.45) is 5.92 Å². The van der Waals surface area contributed by atoms with E-state index in [4.69, 9.17) is 0 Å². The lowest BCUT2D eigenvalue weighted by atomic mass is 9.60. The molecule has 3 rings (SSSR count). The molecule has 116 valence electrons. The number of hydrogen-bond donors (Lipinski definition) is 0. The summed E-state index contributed by atoms with van der Waals surface area (Å²) in [5, 5.41) is 2.15. The quantitative estimate of drug-likeness (QED) is 0.755. The number of ketones is 1. The van der Waals surface area contributed by atoms with Gasteiger partial charge in [0.05, 0.1) is 26.1 Å². The Morgan fingerprint density at radius 3 is 2.57 bits per heavy atom. The number of rotatable bonds is 2. The molecule has 2 aliphatic rings. The van der Waals surface area contributed by atoms with Crippen molar-refractivity contribution in [2.45, 2.75) is 56.9 Å². The van der Waals surface area contributed by atoms with Gasteiger partial charge in [-0.25, -0.2) is 0 Å². The second-order valence-corrected chi connectivity index (χ2v) is 8.52. The van der Waals surface area contributed by atoms with Gasteiger partial charge in [-0.2, -0.15) is 0 Å². The predicted octanol–water partition coefficient (Wildman–Crippen LogP) is 4.00. The second kappa shape index (κ2) is 5.51. The molecule has 1 aromatic rings. The molecule has 2 heterocycles. The van der Waals surface area contributed by atoms with Crippen LogP contribution in [0.2, 0.25) is 0 Å². The van der Waals surface area contributed by atoms with Crippen molar-refractivity contribution in [3.8, 4) is 0 Å². The maximum Gasteiger partial charge on any atom is 0.201 e. The van der Waals surface area contributed by atoms with Gasteiger partial charge in [-0.1, -0.05) is 25.3 Å². The highest BCUT2D eigenvalue weighted by atomic mass is 32.1. The number of quaternary nitrogens is 1. The van der Waals surface area contributed by atoms with Crippen LogP contribution in [0.15, 0.2) is 17.5 Å². The molecule has 0 aromatic carbocycles. The molecule has 0 N–H and O–H groups in total. The van der Waals surface area contributed by atoms with E-state index in [-0.39, 0.29) is 11.5 Å². The monoisotopic (exact) mass is 306 g/mol. The van der Waals surface area contributed by atoms with Crippen LogP contribution in [0, 0.1) is 5.92 Å². The van der Waals surface area contributed by atoms with Crippen LogP contribution >= 0.6 is 11.3 Å². The third-order valence-corrected chi connectivity index (χ3v) is 7.26. The Kier molecular flexibility index (Phi) is 4.00. The van der Waals surface area contributed by atoms with Crippen LogP contribution in [0.25, 0.3) is 0 Å². The molecule has 2 atom stereocenters. The summed E-state index contributed by atoms with van der Waals surface area (Å²) in [4.78, 5) is 14.8. The summed E-state index contributed by atoms with van der Waals surface area (Å²) in [6.45, 7) is 3.26. The van der Waals surface area contributed by atoms with E-state index in [9.17, 15) is 4.79 Å². The van der Waals surface area contributed by atoms with E-state index in [1.165, 1.54) is 37.0 Å². The Hall–Kier alpha value is -0.670. The molecule has 21 heavy (non-hydrogen) atoms. The first-order valence-electron chi connectivity index (χ1n) is 8.39. The fraction of sp³-hybridized carbons (Fsp3) is 0.722. The Balaban J connectivity index is 2.03. The number of likely N-dealkylation sites (N-methyl/N-ethyl adjacent to an activating group) is 1. The number of carbonyl (C=O) groups is 1. The van der Waals surface area contributed by atoms with Crippen LogP contribution in [0.5, 0.6) is 0 Å². The Morgan fingerprint density at radius 2 is 1.95 bits per heavy atom. The number of carbonyl (C=O) groups excluding carboxylic acids is 1. The lowest BCUT2D eigenvalue weighted by molar-refractivity contribution is -0.907. The number of nitrogens with zero attached hydrogens (tertiary/aromatic N) is 1. The minimum atomic E-state index is -0.179. The summed E-state index contributed by atoms with van der Waals surface area (Å²) in [5.74, 6) is 1.08. The molecule has 1 saturated heterocycles. The van der Waals surface area contributed by atoms with Crippen LogP contribution in [0.4, 0.5) is 0 Å². The van der Waals surface area contributed by atoms with E-state index >= 15 is 0 Å². The average molecular weight is 306 g/mol. The number of Topliss-reactive ketones (excluding diaryl/α,β-unsaturated/α-hetero) is 1. The zero-order valence-corrected chi connectivity index (χ0v) is 14.4. The van der Waals surface area contributed by atoms with Crippen molar-refractivity contribution in [1.29, 1.82) is 0 Å². The van der Waals surface area contributed by atoms with Crippen molar-refractivity contribution in [3.63, 3.8) is 0 Å². The van der Waals surface area contributed by atoms with Crippen molar-refractivity contribution < 1.29 is 9.28 Å². The van der Waals surface area contributed by atoms with E-state index < -0.39 is 0 Å². The topological polar surface area (TPSA) is 17.1 Å². The first-order chi connectivity index (χ1) is 9.98. The van der Waals surface area contributed by atoms with Gasteiger partial charge in [-0.05, 0) is 37.1 Å². The molecule has 0 radical (unpaired) electrons. The van der Waals surface area contributed by atoms with Gasteiger partial charge in [-0.3, -0.25) is 4.79 Å². The van der Waals surface area contributed by atoms with Gasteiger partial charge in [0.15, 0.2) is 0 Å². The highest BCUT2D eigenvalue weighted by molar-refractivity contribution is 7.10. The largest absolute Gasteiger partial charge is 0.320 e. The number of thiophene rings is 1. The minimum Gasteiger partial charge on any atom is -0.320 e. The molecular weight excluding hydrogens is 278 g/mol. The van der Waals surface area contributed by atoms with E-state index in [2.05, 4.69) is 38.5 Å². The zero-order chi connectivity index (χ0) is 15.1. The second-order valence-electron chi connectivity index (χ2n) is 7.58. The van der Waals surface area contributed by atoms with Crippen molar-refractivity contribution in [1.82, 2.24) is 0 Å². The Morgan fingerprint density at radius 1 is 1.24 bits per heavy atom. The van der Waals surface area contributed by atoms with Gasteiger partial charge < -0.3 is 4.48 Å². The molecule has 1 aromatic heterocycles. The van der Waals surface area contributed by atoms with E-state index in [0.717, 1.165) is 17.4 Å². The van der Waals surface area contributed by atoms with Crippen LogP contribution in [0.1, 0.15) is 50.3 Å². The third kappa shape index (κ3) is 2.39. The molecular formula is C18H28NOS+. The fourth-order valence-electron chi connectivity index (χ4n) is 4.45. The van der Waals surface area contributed by atoms with E-state index in [1.54, 1.807) is 11.3 Å². The van der Waals surface area contributed by atoms with Crippen LogP contribution in [-0.4, -0.2) is 36.9 Å². The summed E-state index contributed by atoms with van der Waals surface area (Å²) in [6.07, 6.45) is 7.47. The first-order valence-corrected chi connectivity index (χ1v) is 9.27. The maximum absolute atomic E-state index is 13.5. The SMILES string of the molecule is C[C@@H]1C(=O)[C@@](c2cccs2)(C2CCCCC2)CC[N+]1(C)C. The van der Waals surface area contributed by atoms with Gasteiger partial charge in [-0.15, -0.1) is 11.3 Å². The van der Waals surface area contributed by atoms with Crippen LogP contribution in [-0.2, 0) is 10.2 Å². The van der Waals surface area contributed by atoms with E-state index in [0.29, 0.717) is 11.7 Å². The van der Waals surface area contributed by atoms with Crippen LogP contribution < -0.4 is 0 Å².